The Hall–Kier alpha value is -1.38. The highest BCUT2D eigenvalue weighted by Crippen LogP contribution is 2.28. The predicted molar refractivity (Wildman–Crippen MR) is 80.6 cm³/mol. The SMILES string of the molecule is Cc1ccc(CN(C)S(=O)(=O)c2cc(Br)c(F)cc2N)o1. The number of benzene rings is 1. The molecule has 0 atom stereocenters. The van der Waals surface area contributed by atoms with Crippen LogP contribution in [-0.2, 0) is 16.6 Å². The fraction of sp³-hybridized carbons (Fsp3) is 0.231. The summed E-state index contributed by atoms with van der Waals surface area (Å²) in [7, 11) is -2.44. The van der Waals surface area contributed by atoms with Gasteiger partial charge in [-0.05, 0) is 47.1 Å². The van der Waals surface area contributed by atoms with Crippen LogP contribution in [0, 0.1) is 12.7 Å². The normalized spacial score (nSPS) is 12.0. The van der Waals surface area contributed by atoms with E-state index < -0.39 is 15.8 Å². The molecule has 2 aromatic rings. The maximum Gasteiger partial charge on any atom is 0.245 e. The van der Waals surface area contributed by atoms with Crippen molar-refractivity contribution in [1.29, 1.82) is 0 Å². The van der Waals surface area contributed by atoms with Crippen molar-refractivity contribution in [2.45, 2.75) is 18.4 Å². The number of nitrogens with zero attached hydrogens (tertiary/aromatic N) is 1. The van der Waals surface area contributed by atoms with E-state index in [0.717, 1.165) is 16.4 Å². The van der Waals surface area contributed by atoms with E-state index in [1.807, 2.05) is 0 Å². The Morgan fingerprint density at radius 3 is 2.62 bits per heavy atom. The predicted octanol–water partition coefficient (Wildman–Crippen LogP) is 2.89. The van der Waals surface area contributed by atoms with E-state index in [0.29, 0.717) is 11.5 Å². The van der Waals surface area contributed by atoms with Gasteiger partial charge in [-0.1, -0.05) is 0 Å². The van der Waals surface area contributed by atoms with Crippen molar-refractivity contribution in [3.8, 4) is 0 Å². The van der Waals surface area contributed by atoms with E-state index in [9.17, 15) is 12.8 Å². The number of sulfonamides is 1. The third-order valence-corrected chi connectivity index (χ3v) is 5.38. The van der Waals surface area contributed by atoms with Crippen molar-refractivity contribution < 1.29 is 17.2 Å². The molecule has 0 fully saturated rings. The van der Waals surface area contributed by atoms with Gasteiger partial charge in [0.05, 0.1) is 16.7 Å². The van der Waals surface area contributed by atoms with Gasteiger partial charge in [-0.15, -0.1) is 0 Å². The maximum atomic E-state index is 13.3. The first-order valence-electron chi connectivity index (χ1n) is 5.98. The first-order valence-corrected chi connectivity index (χ1v) is 8.21. The number of anilines is 1. The molecule has 0 unspecified atom stereocenters. The lowest BCUT2D eigenvalue weighted by Crippen LogP contribution is -2.27. The topological polar surface area (TPSA) is 76.5 Å². The van der Waals surface area contributed by atoms with E-state index in [4.69, 9.17) is 10.2 Å². The highest BCUT2D eigenvalue weighted by atomic mass is 79.9. The molecular formula is C13H14BrFN2O3S. The van der Waals surface area contributed by atoms with Gasteiger partial charge >= 0.3 is 0 Å². The first-order chi connectivity index (χ1) is 9.71. The average Bonchev–Trinajstić information content (AvgIpc) is 2.79. The van der Waals surface area contributed by atoms with Crippen molar-refractivity contribution in [2.24, 2.45) is 0 Å². The maximum absolute atomic E-state index is 13.3. The standard InChI is InChI=1S/C13H14BrFN2O3S/c1-8-3-4-9(20-8)7-17(2)21(18,19)13-5-10(14)11(15)6-12(13)16/h3-6H,7,16H2,1-2H3. The lowest BCUT2D eigenvalue weighted by molar-refractivity contribution is 0.397. The molecule has 114 valence electrons. The minimum Gasteiger partial charge on any atom is -0.465 e. The van der Waals surface area contributed by atoms with Crippen LogP contribution in [-0.4, -0.2) is 19.8 Å². The molecular weight excluding hydrogens is 363 g/mol. The molecule has 1 heterocycles. The van der Waals surface area contributed by atoms with Crippen LogP contribution in [0.3, 0.4) is 0 Å². The van der Waals surface area contributed by atoms with Gasteiger partial charge in [0.15, 0.2) is 0 Å². The summed E-state index contributed by atoms with van der Waals surface area (Å²) in [6.07, 6.45) is 0. The third-order valence-electron chi connectivity index (χ3n) is 2.92. The fourth-order valence-corrected chi connectivity index (χ4v) is 3.56. The molecule has 0 aliphatic heterocycles. The van der Waals surface area contributed by atoms with E-state index in [1.165, 1.54) is 7.05 Å². The summed E-state index contributed by atoms with van der Waals surface area (Å²) in [5, 5.41) is 0. The largest absolute Gasteiger partial charge is 0.465 e. The zero-order valence-corrected chi connectivity index (χ0v) is 13.8. The minimum absolute atomic E-state index is 0.0394. The second kappa shape index (κ2) is 5.78. The fourth-order valence-electron chi connectivity index (χ4n) is 1.81. The smallest absolute Gasteiger partial charge is 0.245 e. The van der Waals surface area contributed by atoms with Crippen molar-refractivity contribution in [3.63, 3.8) is 0 Å². The van der Waals surface area contributed by atoms with Gasteiger partial charge in [0.25, 0.3) is 0 Å². The molecule has 2 rings (SSSR count). The zero-order valence-electron chi connectivity index (χ0n) is 11.4. The molecule has 1 aromatic heterocycles. The summed E-state index contributed by atoms with van der Waals surface area (Å²) in [6.45, 7) is 1.83. The van der Waals surface area contributed by atoms with Crippen LogP contribution < -0.4 is 5.73 Å². The molecule has 0 amide bonds. The average molecular weight is 377 g/mol. The monoisotopic (exact) mass is 376 g/mol. The Morgan fingerprint density at radius 2 is 2.05 bits per heavy atom. The number of halogens is 2. The molecule has 0 radical (unpaired) electrons. The molecule has 0 bridgehead atoms. The molecule has 0 saturated heterocycles. The Labute approximate surface area is 130 Å². The van der Waals surface area contributed by atoms with Crippen molar-refractivity contribution >= 4 is 31.6 Å². The van der Waals surface area contributed by atoms with Crippen LogP contribution >= 0.6 is 15.9 Å². The van der Waals surface area contributed by atoms with Crippen LogP contribution in [0.4, 0.5) is 10.1 Å². The van der Waals surface area contributed by atoms with E-state index in [2.05, 4.69) is 15.9 Å². The van der Waals surface area contributed by atoms with Gasteiger partial charge in [0.2, 0.25) is 10.0 Å². The Morgan fingerprint density at radius 1 is 1.38 bits per heavy atom. The summed E-state index contributed by atoms with van der Waals surface area (Å²) >= 11 is 2.96. The molecule has 0 aliphatic rings. The Kier molecular flexibility index (Phi) is 4.40. The number of hydrogen-bond donors (Lipinski definition) is 1. The lowest BCUT2D eigenvalue weighted by Gasteiger charge is -2.17. The number of nitrogen functional groups attached to an aromatic ring is 1. The van der Waals surface area contributed by atoms with E-state index >= 15 is 0 Å². The van der Waals surface area contributed by atoms with Gasteiger partial charge in [-0.3, -0.25) is 0 Å². The number of hydrogen-bond acceptors (Lipinski definition) is 4. The minimum atomic E-state index is -3.85. The lowest BCUT2D eigenvalue weighted by atomic mass is 10.3. The second-order valence-electron chi connectivity index (χ2n) is 4.58. The number of furan rings is 1. The van der Waals surface area contributed by atoms with Crippen LogP contribution in [0.1, 0.15) is 11.5 Å². The molecule has 8 heteroatoms. The van der Waals surface area contributed by atoms with E-state index in [1.54, 1.807) is 19.1 Å². The summed E-state index contributed by atoms with van der Waals surface area (Å²) < 4.78 is 44.8. The van der Waals surface area contributed by atoms with Crippen molar-refractivity contribution in [1.82, 2.24) is 4.31 Å². The van der Waals surface area contributed by atoms with Crippen LogP contribution in [0.15, 0.2) is 38.1 Å². The van der Waals surface area contributed by atoms with E-state index in [-0.39, 0.29) is 21.6 Å². The molecule has 5 nitrogen and oxygen atoms in total. The summed E-state index contributed by atoms with van der Waals surface area (Å²) in [6, 6.07) is 5.58. The Bertz CT molecular complexity index is 774. The second-order valence-corrected chi connectivity index (χ2v) is 7.45. The van der Waals surface area contributed by atoms with Crippen LogP contribution in [0.25, 0.3) is 0 Å². The van der Waals surface area contributed by atoms with Crippen molar-refractivity contribution in [2.75, 3.05) is 12.8 Å². The highest BCUT2D eigenvalue weighted by Gasteiger charge is 2.25. The molecule has 0 aliphatic carbocycles. The number of nitrogens with two attached hydrogens (primary N) is 1. The third kappa shape index (κ3) is 3.28. The number of aryl methyl sites for hydroxylation is 1. The van der Waals surface area contributed by atoms with Crippen molar-refractivity contribution in [3.05, 3.63) is 46.1 Å². The summed E-state index contributed by atoms with van der Waals surface area (Å²) in [5.74, 6) is 0.592. The first kappa shape index (κ1) is 16.0. The zero-order chi connectivity index (χ0) is 15.8. The van der Waals surface area contributed by atoms with Crippen LogP contribution in [0.5, 0.6) is 0 Å². The Balaban J connectivity index is 2.35. The molecule has 2 N–H and O–H groups in total. The molecule has 21 heavy (non-hydrogen) atoms. The highest BCUT2D eigenvalue weighted by molar-refractivity contribution is 9.10. The number of rotatable bonds is 4. The summed E-state index contributed by atoms with van der Waals surface area (Å²) in [5.41, 5.74) is 5.48. The van der Waals surface area contributed by atoms with Gasteiger partial charge in [0, 0.05) is 7.05 Å². The molecule has 1 aromatic carbocycles. The molecule has 0 spiro atoms. The van der Waals surface area contributed by atoms with Gasteiger partial charge in [0.1, 0.15) is 22.2 Å². The van der Waals surface area contributed by atoms with Gasteiger partial charge < -0.3 is 10.2 Å². The quantitative estimate of drug-likeness (QED) is 0.832. The van der Waals surface area contributed by atoms with Gasteiger partial charge in [-0.2, -0.15) is 4.31 Å². The summed E-state index contributed by atoms with van der Waals surface area (Å²) in [4.78, 5) is -0.151. The van der Waals surface area contributed by atoms with Gasteiger partial charge in [-0.25, -0.2) is 12.8 Å². The van der Waals surface area contributed by atoms with Crippen LogP contribution in [0.2, 0.25) is 0 Å². The molecule has 0 saturated carbocycles.